The first-order chi connectivity index (χ1) is 13.2. The SMILES string of the molecule is CCOc1ccc(-n2c(Cc3ccccc3)nnc2SCC(=O)OC)cc1. The van der Waals surface area contributed by atoms with Gasteiger partial charge in [-0.15, -0.1) is 10.2 Å². The quantitative estimate of drug-likeness (QED) is 0.438. The van der Waals surface area contributed by atoms with Crippen LogP contribution in [0.4, 0.5) is 0 Å². The fourth-order valence-corrected chi connectivity index (χ4v) is 3.39. The molecule has 0 N–H and O–H groups in total. The lowest BCUT2D eigenvalue weighted by Gasteiger charge is -2.11. The molecule has 0 amide bonds. The highest BCUT2D eigenvalue weighted by Gasteiger charge is 2.16. The molecular formula is C20H21N3O3S. The number of nitrogens with zero attached hydrogens (tertiary/aromatic N) is 3. The maximum absolute atomic E-state index is 11.5. The van der Waals surface area contributed by atoms with E-state index in [-0.39, 0.29) is 11.7 Å². The highest BCUT2D eigenvalue weighted by atomic mass is 32.2. The number of rotatable bonds is 8. The number of esters is 1. The first kappa shape index (κ1) is 19.0. The van der Waals surface area contributed by atoms with Gasteiger partial charge in [0.1, 0.15) is 11.6 Å². The minimum absolute atomic E-state index is 0.178. The summed E-state index contributed by atoms with van der Waals surface area (Å²) in [6, 6.07) is 17.9. The van der Waals surface area contributed by atoms with Crippen molar-refractivity contribution in [2.75, 3.05) is 19.5 Å². The first-order valence-electron chi connectivity index (χ1n) is 8.62. The Morgan fingerprint density at radius 3 is 2.48 bits per heavy atom. The highest BCUT2D eigenvalue weighted by molar-refractivity contribution is 7.99. The third-order valence-corrected chi connectivity index (χ3v) is 4.76. The van der Waals surface area contributed by atoms with E-state index in [2.05, 4.69) is 22.3 Å². The van der Waals surface area contributed by atoms with Gasteiger partial charge >= 0.3 is 5.97 Å². The second-order valence-corrected chi connectivity index (χ2v) is 6.63. The number of hydrogen-bond acceptors (Lipinski definition) is 6. The molecule has 2 aromatic carbocycles. The smallest absolute Gasteiger partial charge is 0.316 e. The molecule has 140 valence electrons. The summed E-state index contributed by atoms with van der Waals surface area (Å²) in [4.78, 5) is 11.5. The van der Waals surface area contributed by atoms with Crippen LogP contribution in [0.2, 0.25) is 0 Å². The third-order valence-electron chi connectivity index (χ3n) is 3.86. The molecule has 27 heavy (non-hydrogen) atoms. The molecule has 7 heteroatoms. The van der Waals surface area contributed by atoms with Crippen molar-refractivity contribution in [2.45, 2.75) is 18.5 Å². The summed E-state index contributed by atoms with van der Waals surface area (Å²) < 4.78 is 12.2. The Hall–Kier alpha value is -2.80. The predicted molar refractivity (Wildman–Crippen MR) is 105 cm³/mol. The third kappa shape index (κ3) is 4.89. The van der Waals surface area contributed by atoms with Gasteiger partial charge < -0.3 is 9.47 Å². The number of methoxy groups -OCH3 is 1. The average molecular weight is 383 g/mol. The van der Waals surface area contributed by atoms with Crippen LogP contribution in [0.15, 0.2) is 59.8 Å². The fourth-order valence-electron chi connectivity index (χ4n) is 2.59. The van der Waals surface area contributed by atoms with Gasteiger partial charge in [-0.3, -0.25) is 9.36 Å². The summed E-state index contributed by atoms with van der Waals surface area (Å²) in [5, 5.41) is 9.30. The molecule has 0 aliphatic heterocycles. The first-order valence-corrected chi connectivity index (χ1v) is 9.61. The van der Waals surface area contributed by atoms with Crippen molar-refractivity contribution in [3.63, 3.8) is 0 Å². The molecule has 3 aromatic rings. The lowest BCUT2D eigenvalue weighted by Crippen LogP contribution is -2.07. The molecule has 3 rings (SSSR count). The Balaban J connectivity index is 1.93. The van der Waals surface area contributed by atoms with Gasteiger partial charge in [-0.25, -0.2) is 0 Å². The van der Waals surface area contributed by atoms with Crippen LogP contribution < -0.4 is 4.74 Å². The molecule has 0 atom stereocenters. The van der Waals surface area contributed by atoms with Crippen LogP contribution in [0.3, 0.4) is 0 Å². The zero-order valence-corrected chi connectivity index (χ0v) is 16.1. The molecule has 0 saturated carbocycles. The normalized spacial score (nSPS) is 10.6. The van der Waals surface area contributed by atoms with E-state index in [9.17, 15) is 4.79 Å². The summed E-state index contributed by atoms with van der Waals surface area (Å²) >= 11 is 1.30. The molecule has 0 aliphatic rings. The Labute approximate surface area is 162 Å². The molecule has 1 aromatic heterocycles. The number of benzene rings is 2. The van der Waals surface area contributed by atoms with Gasteiger partial charge in [-0.05, 0) is 36.8 Å². The monoisotopic (exact) mass is 383 g/mol. The van der Waals surface area contributed by atoms with E-state index >= 15 is 0 Å². The highest BCUT2D eigenvalue weighted by Crippen LogP contribution is 2.25. The molecule has 0 saturated heterocycles. The van der Waals surface area contributed by atoms with Crippen molar-refractivity contribution in [3.05, 3.63) is 66.0 Å². The van der Waals surface area contributed by atoms with E-state index in [1.165, 1.54) is 18.9 Å². The van der Waals surface area contributed by atoms with E-state index in [1.54, 1.807) is 0 Å². The van der Waals surface area contributed by atoms with Crippen molar-refractivity contribution in [1.82, 2.24) is 14.8 Å². The number of carbonyl (C=O) groups excluding carboxylic acids is 1. The van der Waals surface area contributed by atoms with Crippen LogP contribution >= 0.6 is 11.8 Å². The molecule has 0 aliphatic carbocycles. The lowest BCUT2D eigenvalue weighted by atomic mass is 10.1. The molecule has 0 bridgehead atoms. The Kier molecular flexibility index (Phi) is 6.49. The van der Waals surface area contributed by atoms with Crippen molar-refractivity contribution in [2.24, 2.45) is 0 Å². The zero-order valence-electron chi connectivity index (χ0n) is 15.3. The average Bonchev–Trinajstić information content (AvgIpc) is 3.10. The summed E-state index contributed by atoms with van der Waals surface area (Å²) in [6.07, 6.45) is 0.639. The van der Waals surface area contributed by atoms with Crippen LogP contribution in [0.25, 0.3) is 5.69 Å². The number of carbonyl (C=O) groups is 1. The Bertz CT molecular complexity index is 879. The standard InChI is InChI=1S/C20H21N3O3S/c1-3-26-17-11-9-16(10-12-17)23-18(13-15-7-5-4-6-8-15)21-22-20(23)27-14-19(24)25-2/h4-12H,3,13-14H2,1-2H3. The van der Waals surface area contributed by atoms with Crippen LogP contribution in [0.1, 0.15) is 18.3 Å². The van der Waals surface area contributed by atoms with Crippen molar-refractivity contribution in [3.8, 4) is 11.4 Å². The van der Waals surface area contributed by atoms with E-state index in [4.69, 9.17) is 9.47 Å². The van der Waals surface area contributed by atoms with Crippen LogP contribution in [-0.4, -0.2) is 40.2 Å². The van der Waals surface area contributed by atoms with Gasteiger partial charge in [0.25, 0.3) is 0 Å². The second kappa shape index (κ2) is 9.23. The minimum atomic E-state index is -0.300. The second-order valence-electron chi connectivity index (χ2n) is 5.69. The summed E-state index contributed by atoms with van der Waals surface area (Å²) in [6.45, 7) is 2.57. The zero-order chi connectivity index (χ0) is 19.1. The van der Waals surface area contributed by atoms with Crippen molar-refractivity contribution >= 4 is 17.7 Å². The van der Waals surface area contributed by atoms with Crippen LogP contribution in [0, 0.1) is 0 Å². The lowest BCUT2D eigenvalue weighted by molar-refractivity contribution is -0.137. The fraction of sp³-hybridized carbons (Fsp3) is 0.250. The molecule has 0 fully saturated rings. The molecule has 1 heterocycles. The number of aromatic nitrogens is 3. The maximum Gasteiger partial charge on any atom is 0.316 e. The van der Waals surface area contributed by atoms with Crippen molar-refractivity contribution < 1.29 is 14.3 Å². The number of ether oxygens (including phenoxy) is 2. The van der Waals surface area contributed by atoms with Crippen molar-refractivity contribution in [1.29, 1.82) is 0 Å². The summed E-state index contributed by atoms with van der Waals surface area (Å²) in [5.41, 5.74) is 2.06. The van der Waals surface area contributed by atoms with Gasteiger partial charge in [0.2, 0.25) is 0 Å². The summed E-state index contributed by atoms with van der Waals surface area (Å²) in [5.74, 6) is 1.49. The van der Waals surface area contributed by atoms with Gasteiger partial charge in [0.05, 0.1) is 19.5 Å². The molecule has 0 unspecified atom stereocenters. The van der Waals surface area contributed by atoms with Gasteiger partial charge in [-0.1, -0.05) is 42.1 Å². The van der Waals surface area contributed by atoms with Crippen LogP contribution in [0.5, 0.6) is 5.75 Å². The van der Waals surface area contributed by atoms with E-state index < -0.39 is 0 Å². The van der Waals surface area contributed by atoms with E-state index in [0.29, 0.717) is 18.2 Å². The van der Waals surface area contributed by atoms with Gasteiger partial charge in [-0.2, -0.15) is 0 Å². The van der Waals surface area contributed by atoms with Gasteiger partial charge in [0, 0.05) is 12.1 Å². The molecule has 6 nitrogen and oxygen atoms in total. The number of hydrogen-bond donors (Lipinski definition) is 0. The summed E-state index contributed by atoms with van der Waals surface area (Å²) in [7, 11) is 1.38. The Morgan fingerprint density at radius 1 is 1.07 bits per heavy atom. The molecule has 0 radical (unpaired) electrons. The Morgan fingerprint density at radius 2 is 1.81 bits per heavy atom. The maximum atomic E-state index is 11.5. The predicted octanol–water partition coefficient (Wildman–Crippen LogP) is 3.52. The number of thioether (sulfide) groups is 1. The van der Waals surface area contributed by atoms with E-state index in [1.807, 2.05) is 54.0 Å². The largest absolute Gasteiger partial charge is 0.494 e. The topological polar surface area (TPSA) is 66.2 Å². The van der Waals surface area contributed by atoms with Crippen LogP contribution in [-0.2, 0) is 16.0 Å². The minimum Gasteiger partial charge on any atom is -0.494 e. The molecule has 0 spiro atoms. The van der Waals surface area contributed by atoms with E-state index in [0.717, 1.165) is 22.8 Å². The molecular weight excluding hydrogens is 362 g/mol. The van der Waals surface area contributed by atoms with Gasteiger partial charge in [0.15, 0.2) is 5.16 Å².